The van der Waals surface area contributed by atoms with Gasteiger partial charge in [-0.2, -0.15) is 0 Å². The van der Waals surface area contributed by atoms with Gasteiger partial charge in [0.05, 0.1) is 5.56 Å². The zero-order chi connectivity index (χ0) is 15.8. The average molecular weight is 329 g/mol. The molecular weight excluding hydrogens is 314 g/mol. The van der Waals surface area contributed by atoms with Crippen LogP contribution in [0.5, 0.6) is 0 Å². The minimum atomic E-state index is -3.76. The lowest BCUT2D eigenvalue weighted by molar-refractivity contribution is 0.0697. The van der Waals surface area contributed by atoms with Crippen LogP contribution in [0.25, 0.3) is 0 Å². The molecule has 6 nitrogen and oxygen atoms in total. The predicted octanol–water partition coefficient (Wildman–Crippen LogP) is 2.70. The molecule has 0 spiro atoms. The molecule has 0 amide bonds. The average Bonchev–Trinajstić information content (AvgIpc) is 2.95. The zero-order valence-electron chi connectivity index (χ0n) is 11.7. The Morgan fingerprint density at radius 1 is 1.38 bits per heavy atom. The summed E-state index contributed by atoms with van der Waals surface area (Å²) < 4.78 is 32.4. The van der Waals surface area contributed by atoms with E-state index in [-0.39, 0.29) is 9.77 Å². The summed E-state index contributed by atoms with van der Waals surface area (Å²) in [4.78, 5) is 10.8. The third kappa shape index (κ3) is 3.34. The molecule has 1 atom stereocenters. The minimum Gasteiger partial charge on any atom is -0.478 e. The van der Waals surface area contributed by atoms with Crippen LogP contribution in [0.4, 0.5) is 0 Å². The molecule has 0 aromatic carbocycles. The van der Waals surface area contributed by atoms with Gasteiger partial charge in [0.1, 0.15) is 15.7 Å². The van der Waals surface area contributed by atoms with Gasteiger partial charge in [0, 0.05) is 17.0 Å². The minimum absolute atomic E-state index is 0.0235. The number of carbonyl (C=O) groups is 1. The number of thiophene rings is 1. The summed E-state index contributed by atoms with van der Waals surface area (Å²) >= 11 is 0.877. The summed E-state index contributed by atoms with van der Waals surface area (Å²) in [5.41, 5.74) is 0.717. The van der Waals surface area contributed by atoms with Gasteiger partial charge in [-0.25, -0.2) is 17.9 Å². The molecule has 2 heterocycles. The summed E-state index contributed by atoms with van der Waals surface area (Å²) in [6, 6.07) is 2.46. The van der Waals surface area contributed by atoms with Crippen LogP contribution in [0, 0.1) is 13.8 Å². The van der Waals surface area contributed by atoms with Crippen molar-refractivity contribution in [3.8, 4) is 0 Å². The first-order chi connectivity index (χ1) is 9.70. The van der Waals surface area contributed by atoms with Gasteiger partial charge in [-0.05, 0) is 32.9 Å². The lowest BCUT2D eigenvalue weighted by atomic mass is 10.1. The monoisotopic (exact) mass is 329 g/mol. The number of aryl methyl sites for hydroxylation is 2. The standard InChI is InChI=1S/C13H15NO5S2/c1-7-4-11(9(3)19-7)8(2)14-21(17,18)12-5-10(6-20-12)13(15)16/h4-6,8,14H,1-3H3,(H,15,16). The van der Waals surface area contributed by atoms with Crippen molar-refractivity contribution >= 4 is 27.3 Å². The molecule has 2 N–H and O–H groups in total. The molecule has 0 aliphatic rings. The van der Waals surface area contributed by atoms with E-state index in [4.69, 9.17) is 9.52 Å². The van der Waals surface area contributed by atoms with Gasteiger partial charge < -0.3 is 9.52 Å². The number of carboxylic acids is 1. The number of aromatic carboxylic acids is 1. The number of hydrogen-bond acceptors (Lipinski definition) is 5. The van der Waals surface area contributed by atoms with Crippen LogP contribution in [0.2, 0.25) is 0 Å². The SMILES string of the molecule is Cc1cc(C(C)NS(=O)(=O)c2cc(C(=O)O)cs2)c(C)o1. The number of nitrogens with one attached hydrogen (secondary N) is 1. The largest absolute Gasteiger partial charge is 0.478 e. The maximum absolute atomic E-state index is 12.2. The summed E-state index contributed by atoms with van der Waals surface area (Å²) in [5.74, 6) is 0.208. The molecule has 0 aliphatic heterocycles. The lowest BCUT2D eigenvalue weighted by Crippen LogP contribution is -2.26. The first-order valence-corrected chi connectivity index (χ1v) is 8.48. The molecule has 0 bridgehead atoms. The van der Waals surface area contributed by atoms with Crippen LogP contribution in [-0.4, -0.2) is 19.5 Å². The van der Waals surface area contributed by atoms with Crippen LogP contribution < -0.4 is 4.72 Å². The fraction of sp³-hybridized carbons (Fsp3) is 0.308. The van der Waals surface area contributed by atoms with Gasteiger partial charge in [0.15, 0.2) is 0 Å². The molecule has 2 aromatic rings. The highest BCUT2D eigenvalue weighted by Gasteiger charge is 2.23. The molecule has 1 unspecified atom stereocenters. The zero-order valence-corrected chi connectivity index (χ0v) is 13.3. The van der Waals surface area contributed by atoms with Crippen molar-refractivity contribution in [2.75, 3.05) is 0 Å². The molecule has 0 radical (unpaired) electrons. The van der Waals surface area contributed by atoms with Crippen molar-refractivity contribution < 1.29 is 22.7 Å². The van der Waals surface area contributed by atoms with Crippen LogP contribution in [0.3, 0.4) is 0 Å². The fourth-order valence-electron chi connectivity index (χ4n) is 2.00. The summed E-state index contributed by atoms with van der Waals surface area (Å²) in [7, 11) is -3.76. The molecule has 0 saturated heterocycles. The number of carboxylic acid groups (broad SMARTS) is 1. The highest BCUT2D eigenvalue weighted by Crippen LogP contribution is 2.25. The normalized spacial score (nSPS) is 13.3. The van der Waals surface area contributed by atoms with Crippen LogP contribution in [-0.2, 0) is 10.0 Å². The Labute approximate surface area is 126 Å². The van der Waals surface area contributed by atoms with E-state index in [0.717, 1.165) is 23.0 Å². The topological polar surface area (TPSA) is 96.6 Å². The molecule has 0 fully saturated rings. The van der Waals surface area contributed by atoms with E-state index in [1.54, 1.807) is 26.8 Å². The molecule has 21 heavy (non-hydrogen) atoms. The van der Waals surface area contributed by atoms with E-state index >= 15 is 0 Å². The number of rotatable bonds is 5. The van der Waals surface area contributed by atoms with E-state index in [1.807, 2.05) is 0 Å². The van der Waals surface area contributed by atoms with Crippen LogP contribution in [0.15, 0.2) is 26.1 Å². The third-order valence-corrected chi connectivity index (χ3v) is 5.95. The maximum atomic E-state index is 12.2. The van der Waals surface area contributed by atoms with E-state index in [1.165, 1.54) is 5.38 Å². The van der Waals surface area contributed by atoms with E-state index in [0.29, 0.717) is 11.5 Å². The van der Waals surface area contributed by atoms with Gasteiger partial charge in [0.2, 0.25) is 0 Å². The number of furan rings is 1. The number of sulfonamides is 1. The van der Waals surface area contributed by atoms with Gasteiger partial charge >= 0.3 is 5.97 Å². The Bertz CT molecular complexity index is 772. The Balaban J connectivity index is 2.24. The molecule has 2 rings (SSSR count). The highest BCUT2D eigenvalue weighted by molar-refractivity contribution is 7.91. The summed E-state index contributed by atoms with van der Waals surface area (Å²) in [6.07, 6.45) is 0. The molecule has 8 heteroatoms. The lowest BCUT2D eigenvalue weighted by Gasteiger charge is -2.12. The fourth-order valence-corrected chi connectivity index (χ4v) is 4.40. The second kappa shape index (κ2) is 5.63. The van der Waals surface area contributed by atoms with E-state index in [2.05, 4.69) is 4.72 Å². The van der Waals surface area contributed by atoms with E-state index < -0.39 is 22.0 Å². The van der Waals surface area contributed by atoms with Gasteiger partial charge in [0.25, 0.3) is 10.0 Å². The smallest absolute Gasteiger partial charge is 0.336 e. The summed E-state index contributed by atoms with van der Waals surface area (Å²) in [6.45, 7) is 5.26. The van der Waals surface area contributed by atoms with Crippen molar-refractivity contribution in [2.24, 2.45) is 0 Å². The molecular formula is C13H15NO5S2. The van der Waals surface area contributed by atoms with Gasteiger partial charge in [-0.1, -0.05) is 0 Å². The Hall–Kier alpha value is -1.64. The first-order valence-electron chi connectivity index (χ1n) is 6.12. The Morgan fingerprint density at radius 3 is 2.52 bits per heavy atom. The Morgan fingerprint density at radius 2 is 2.05 bits per heavy atom. The molecule has 0 saturated carbocycles. The molecule has 114 valence electrons. The summed E-state index contributed by atoms with van der Waals surface area (Å²) in [5, 5.41) is 10.1. The highest BCUT2D eigenvalue weighted by atomic mass is 32.2. The van der Waals surface area contributed by atoms with Crippen molar-refractivity contribution in [1.82, 2.24) is 4.72 Å². The van der Waals surface area contributed by atoms with Gasteiger partial charge in [-0.3, -0.25) is 0 Å². The molecule has 2 aromatic heterocycles. The van der Waals surface area contributed by atoms with Crippen LogP contribution in [0.1, 0.15) is 40.4 Å². The second-order valence-electron chi connectivity index (χ2n) is 4.67. The Kier molecular flexibility index (Phi) is 4.22. The first kappa shape index (κ1) is 15.7. The van der Waals surface area contributed by atoms with Crippen molar-refractivity contribution in [2.45, 2.75) is 31.0 Å². The maximum Gasteiger partial charge on any atom is 0.336 e. The third-order valence-electron chi connectivity index (χ3n) is 2.97. The van der Waals surface area contributed by atoms with E-state index in [9.17, 15) is 13.2 Å². The predicted molar refractivity (Wildman–Crippen MR) is 78.2 cm³/mol. The van der Waals surface area contributed by atoms with Crippen molar-refractivity contribution in [3.63, 3.8) is 0 Å². The molecule has 0 aliphatic carbocycles. The van der Waals surface area contributed by atoms with Crippen LogP contribution >= 0.6 is 11.3 Å². The van der Waals surface area contributed by atoms with Crippen molar-refractivity contribution in [1.29, 1.82) is 0 Å². The van der Waals surface area contributed by atoms with Crippen molar-refractivity contribution in [3.05, 3.63) is 40.2 Å². The number of hydrogen-bond donors (Lipinski definition) is 2. The quantitative estimate of drug-likeness (QED) is 0.879. The second-order valence-corrected chi connectivity index (χ2v) is 7.52. The van der Waals surface area contributed by atoms with Gasteiger partial charge in [-0.15, -0.1) is 11.3 Å².